The number of nitrogens with zero attached hydrogens (tertiary/aromatic N) is 5. The van der Waals surface area contributed by atoms with Crippen LogP contribution in [0.15, 0.2) is 12.2 Å². The van der Waals surface area contributed by atoms with E-state index in [1.807, 2.05) is 0 Å². The number of aliphatic carboxylic acids is 1. The predicted octanol–water partition coefficient (Wildman–Crippen LogP) is 2.05. The number of unbranched alkanes of at least 4 members (excludes halogenated alkanes) is 14. The standard InChI is InChI=1S/C44H81N5O11/c50-33-32-47-25-17-23-46(22-14-9-5-1-2-7-11-15-27-49-38(52)19-20-39(49)53)30-31-48(35-40(54)55)26-18-24-45(28-29-47)21-13-10-6-3-4-8-12-16-34-59-44-43(58)42(57)41(56)37(36-51)60-44/h19-20,37,41-44,50-51,56-58H,1-18,21-36H2,(H,54,55)/t37?,41-,42?,43?,44-/m1/s1. The zero-order chi connectivity index (χ0) is 43.4. The van der Waals surface area contributed by atoms with Crippen molar-refractivity contribution in [3.05, 3.63) is 12.2 Å². The first-order chi connectivity index (χ1) is 29.1. The quantitative estimate of drug-likeness (QED) is 0.0492. The minimum atomic E-state index is -1.42. The number of aliphatic hydroxyl groups is 5. The Balaban J connectivity index is 1.29. The Hall–Kier alpha value is -2.09. The van der Waals surface area contributed by atoms with E-state index in [1.54, 1.807) is 0 Å². The predicted molar refractivity (Wildman–Crippen MR) is 229 cm³/mol. The van der Waals surface area contributed by atoms with Crippen molar-refractivity contribution in [1.82, 2.24) is 24.5 Å². The Labute approximate surface area is 359 Å². The van der Waals surface area contributed by atoms with Crippen molar-refractivity contribution in [2.24, 2.45) is 0 Å². The molecule has 60 heavy (non-hydrogen) atoms. The number of rotatable bonds is 28. The molecule has 0 saturated carbocycles. The zero-order valence-corrected chi connectivity index (χ0v) is 36.5. The molecule has 0 aliphatic carbocycles. The highest BCUT2D eigenvalue weighted by molar-refractivity contribution is 6.12. The summed E-state index contributed by atoms with van der Waals surface area (Å²) >= 11 is 0. The number of hydrogen-bond donors (Lipinski definition) is 6. The molecule has 0 radical (unpaired) electrons. The molecule has 5 atom stereocenters. The number of amides is 2. The van der Waals surface area contributed by atoms with Crippen molar-refractivity contribution in [2.45, 2.75) is 146 Å². The van der Waals surface area contributed by atoms with Crippen molar-refractivity contribution in [1.29, 1.82) is 0 Å². The summed E-state index contributed by atoms with van der Waals surface area (Å²) in [4.78, 5) is 46.0. The van der Waals surface area contributed by atoms with Gasteiger partial charge in [-0.1, -0.05) is 77.0 Å². The monoisotopic (exact) mass is 856 g/mol. The Bertz CT molecular complexity index is 1180. The molecule has 3 rings (SSSR count). The van der Waals surface area contributed by atoms with Crippen molar-refractivity contribution in [3.63, 3.8) is 0 Å². The Morgan fingerprint density at radius 1 is 0.567 bits per heavy atom. The van der Waals surface area contributed by atoms with E-state index in [4.69, 9.17) is 9.47 Å². The fourth-order valence-corrected chi connectivity index (χ4v) is 8.43. The summed E-state index contributed by atoms with van der Waals surface area (Å²) in [6.07, 6.45) is 15.8. The van der Waals surface area contributed by atoms with Gasteiger partial charge in [-0.05, 0) is 71.2 Å². The van der Waals surface area contributed by atoms with E-state index in [9.17, 15) is 45.0 Å². The van der Waals surface area contributed by atoms with Gasteiger partial charge in [-0.25, -0.2) is 0 Å². The molecule has 0 bridgehead atoms. The molecule has 16 nitrogen and oxygen atoms in total. The van der Waals surface area contributed by atoms with Crippen molar-refractivity contribution in [2.75, 3.05) is 105 Å². The average Bonchev–Trinajstić information content (AvgIpc) is 3.55. The lowest BCUT2D eigenvalue weighted by molar-refractivity contribution is -0.301. The van der Waals surface area contributed by atoms with Crippen LogP contribution in [0, 0.1) is 0 Å². The second-order valence-electron chi connectivity index (χ2n) is 17.0. The van der Waals surface area contributed by atoms with E-state index in [0.29, 0.717) is 19.7 Å². The van der Waals surface area contributed by atoms with E-state index in [-0.39, 0.29) is 25.0 Å². The first-order valence-electron chi connectivity index (χ1n) is 23.3. The number of carbonyl (C=O) groups is 3. The number of ether oxygens (including phenoxy) is 2. The van der Waals surface area contributed by atoms with E-state index in [1.165, 1.54) is 42.7 Å². The Morgan fingerprint density at radius 2 is 1.00 bits per heavy atom. The molecule has 0 spiro atoms. The molecule has 3 unspecified atom stereocenters. The van der Waals surface area contributed by atoms with Crippen LogP contribution in [0.3, 0.4) is 0 Å². The van der Waals surface area contributed by atoms with Gasteiger partial charge in [0.1, 0.15) is 24.4 Å². The first-order valence-corrected chi connectivity index (χ1v) is 23.3. The van der Waals surface area contributed by atoms with Crippen LogP contribution >= 0.6 is 0 Å². The van der Waals surface area contributed by atoms with Gasteiger partial charge in [-0.3, -0.25) is 29.1 Å². The largest absolute Gasteiger partial charge is 0.480 e. The number of β-amino-alcohol motifs (C(OH)–C–C–N with tert-alkyl or cyclic N) is 1. The molecule has 16 heteroatoms. The van der Waals surface area contributed by atoms with Crippen LogP contribution in [0.2, 0.25) is 0 Å². The summed E-state index contributed by atoms with van der Waals surface area (Å²) in [5, 5.41) is 58.8. The minimum Gasteiger partial charge on any atom is -0.480 e. The molecule has 2 saturated heterocycles. The molecular weight excluding hydrogens is 775 g/mol. The lowest BCUT2D eigenvalue weighted by Crippen LogP contribution is -2.59. The van der Waals surface area contributed by atoms with Gasteiger partial charge in [0, 0.05) is 64.6 Å². The lowest BCUT2D eigenvalue weighted by Gasteiger charge is -2.39. The molecule has 0 aromatic rings. The minimum absolute atomic E-state index is 0.0604. The molecule has 0 aromatic carbocycles. The number of hydrogen-bond acceptors (Lipinski definition) is 14. The maximum absolute atomic E-state index is 11.8. The first kappa shape index (κ1) is 52.3. The zero-order valence-electron chi connectivity index (χ0n) is 36.5. The van der Waals surface area contributed by atoms with Gasteiger partial charge in [0.25, 0.3) is 11.8 Å². The van der Waals surface area contributed by atoms with E-state index < -0.39 is 43.3 Å². The summed E-state index contributed by atoms with van der Waals surface area (Å²) in [7, 11) is 0. The fraction of sp³-hybridized carbons (Fsp3) is 0.886. The van der Waals surface area contributed by atoms with E-state index in [0.717, 1.165) is 155 Å². The lowest BCUT2D eigenvalue weighted by atomic mass is 9.99. The summed E-state index contributed by atoms with van der Waals surface area (Å²) in [5.41, 5.74) is 0. The number of aliphatic hydroxyl groups excluding tert-OH is 5. The normalized spacial score (nSPS) is 25.0. The fourth-order valence-electron chi connectivity index (χ4n) is 8.43. The van der Waals surface area contributed by atoms with Crippen LogP contribution in [0.5, 0.6) is 0 Å². The Morgan fingerprint density at radius 3 is 1.48 bits per heavy atom. The van der Waals surface area contributed by atoms with Gasteiger partial charge in [0.15, 0.2) is 6.29 Å². The van der Waals surface area contributed by atoms with Crippen LogP contribution in [0.1, 0.15) is 116 Å². The highest BCUT2D eigenvalue weighted by Gasteiger charge is 2.43. The van der Waals surface area contributed by atoms with E-state index in [2.05, 4.69) is 19.6 Å². The molecule has 2 amide bonds. The van der Waals surface area contributed by atoms with Gasteiger partial charge >= 0.3 is 5.97 Å². The highest BCUT2D eigenvalue weighted by Crippen LogP contribution is 2.22. The smallest absolute Gasteiger partial charge is 0.317 e. The van der Waals surface area contributed by atoms with Crippen molar-refractivity contribution < 1.29 is 54.5 Å². The van der Waals surface area contributed by atoms with Gasteiger partial charge in [-0.2, -0.15) is 0 Å². The van der Waals surface area contributed by atoms with E-state index >= 15 is 0 Å². The van der Waals surface area contributed by atoms with Crippen LogP contribution < -0.4 is 0 Å². The third-order valence-corrected chi connectivity index (χ3v) is 12.1. The van der Waals surface area contributed by atoms with Gasteiger partial charge in [-0.15, -0.1) is 0 Å². The molecule has 3 aliphatic rings. The molecule has 6 N–H and O–H groups in total. The molecule has 3 aliphatic heterocycles. The Kier molecular flexibility index (Phi) is 27.6. The summed E-state index contributed by atoms with van der Waals surface area (Å²) in [5.74, 6) is -1.18. The summed E-state index contributed by atoms with van der Waals surface area (Å²) in [6, 6.07) is 0. The maximum atomic E-state index is 11.8. The SMILES string of the molecule is O=C(O)CN1CCCN(CCCCCCCCCCO[C@@H]2OC(CO)[C@@H](O)C(O)C2O)CCN(CCO)CCCN(CCCCCCCCCCN2C(=O)C=CC2=O)CC1. The topological polar surface area (TPSA) is 207 Å². The van der Waals surface area contributed by atoms with Crippen LogP contribution in [0.25, 0.3) is 0 Å². The second-order valence-corrected chi connectivity index (χ2v) is 17.0. The molecule has 2 fully saturated rings. The molecular formula is C44H81N5O11. The van der Waals surface area contributed by atoms with Crippen molar-refractivity contribution >= 4 is 17.8 Å². The third-order valence-electron chi connectivity index (χ3n) is 12.1. The molecule has 3 heterocycles. The second kappa shape index (κ2) is 31.7. The third kappa shape index (κ3) is 21.3. The molecule has 0 aromatic heterocycles. The number of carboxylic acids is 1. The van der Waals surface area contributed by atoms with Crippen LogP contribution in [0.4, 0.5) is 0 Å². The average molecular weight is 856 g/mol. The molecule has 348 valence electrons. The van der Waals surface area contributed by atoms with Gasteiger partial charge in [0.2, 0.25) is 0 Å². The highest BCUT2D eigenvalue weighted by atomic mass is 16.7. The maximum Gasteiger partial charge on any atom is 0.317 e. The number of carbonyl (C=O) groups excluding carboxylic acids is 2. The number of imide groups is 1. The summed E-state index contributed by atoms with van der Waals surface area (Å²) < 4.78 is 11.0. The van der Waals surface area contributed by atoms with Gasteiger partial charge in [0.05, 0.1) is 19.8 Å². The van der Waals surface area contributed by atoms with Crippen LogP contribution in [-0.4, -0.2) is 209 Å². The number of carboxylic acid groups (broad SMARTS) is 1. The summed E-state index contributed by atoms with van der Waals surface area (Å²) in [6.45, 7) is 10.3. The van der Waals surface area contributed by atoms with Gasteiger partial charge < -0.3 is 49.9 Å². The van der Waals surface area contributed by atoms with Crippen LogP contribution in [-0.2, 0) is 23.9 Å². The van der Waals surface area contributed by atoms with Crippen molar-refractivity contribution in [3.8, 4) is 0 Å².